The van der Waals surface area contributed by atoms with Gasteiger partial charge < -0.3 is 4.74 Å². The zero-order valence-corrected chi connectivity index (χ0v) is 8.85. The zero-order valence-electron chi connectivity index (χ0n) is 5.68. The normalized spacial score (nSPS) is 9.58. The van der Waals surface area contributed by atoms with E-state index in [0.29, 0.717) is 8.95 Å². The Morgan fingerprint density at radius 1 is 1.33 bits per heavy atom. The van der Waals surface area contributed by atoms with Crippen molar-refractivity contribution in [2.45, 2.75) is 0 Å². The van der Waals surface area contributed by atoms with Gasteiger partial charge in [0.25, 0.3) is 6.47 Å². The topological polar surface area (TPSA) is 26.3 Å². The van der Waals surface area contributed by atoms with Crippen LogP contribution in [0.4, 0.5) is 4.39 Å². The van der Waals surface area contributed by atoms with E-state index in [1.54, 1.807) is 0 Å². The van der Waals surface area contributed by atoms with E-state index in [0.717, 1.165) is 0 Å². The minimum Gasteiger partial charge on any atom is -0.426 e. The van der Waals surface area contributed by atoms with E-state index >= 15 is 0 Å². The second-order valence-electron chi connectivity index (χ2n) is 1.91. The molecule has 64 valence electrons. The van der Waals surface area contributed by atoms with Crippen molar-refractivity contribution in [1.29, 1.82) is 0 Å². The van der Waals surface area contributed by atoms with Gasteiger partial charge in [0.15, 0.2) is 5.75 Å². The molecule has 1 aromatic rings. The van der Waals surface area contributed by atoms with Crippen LogP contribution >= 0.6 is 31.9 Å². The van der Waals surface area contributed by atoms with Crippen LogP contribution in [0, 0.1) is 5.82 Å². The summed E-state index contributed by atoms with van der Waals surface area (Å²) in [4.78, 5) is 10.0. The molecule has 12 heavy (non-hydrogen) atoms. The van der Waals surface area contributed by atoms with Crippen molar-refractivity contribution in [1.82, 2.24) is 0 Å². The lowest BCUT2D eigenvalue weighted by Crippen LogP contribution is -1.91. The summed E-state index contributed by atoms with van der Waals surface area (Å²) in [7, 11) is 0. The summed E-state index contributed by atoms with van der Waals surface area (Å²) in [6.07, 6.45) is 0. The highest BCUT2D eigenvalue weighted by Gasteiger charge is 2.08. The van der Waals surface area contributed by atoms with Crippen molar-refractivity contribution in [3.63, 3.8) is 0 Å². The molecule has 0 aromatic heterocycles. The summed E-state index contributed by atoms with van der Waals surface area (Å²) in [5, 5.41) is 0. The highest BCUT2D eigenvalue weighted by Crippen LogP contribution is 2.33. The molecule has 0 saturated heterocycles. The maximum atomic E-state index is 12.6. The van der Waals surface area contributed by atoms with E-state index in [1.165, 1.54) is 12.1 Å². The van der Waals surface area contributed by atoms with Crippen LogP contribution in [0.2, 0.25) is 0 Å². The Labute approximate surface area is 85.0 Å². The molecule has 2 nitrogen and oxygen atoms in total. The first-order valence-electron chi connectivity index (χ1n) is 2.90. The predicted octanol–water partition coefficient (Wildman–Crippen LogP) is 2.89. The lowest BCUT2D eigenvalue weighted by Gasteiger charge is -2.03. The van der Waals surface area contributed by atoms with Crippen LogP contribution in [-0.2, 0) is 4.79 Å². The van der Waals surface area contributed by atoms with Crippen molar-refractivity contribution < 1.29 is 13.9 Å². The van der Waals surface area contributed by atoms with Crippen LogP contribution in [0.25, 0.3) is 0 Å². The minimum absolute atomic E-state index is 0.270. The molecular weight excluding hydrogens is 295 g/mol. The average Bonchev–Trinajstić information content (AvgIpc) is 1.96. The van der Waals surface area contributed by atoms with Gasteiger partial charge in [-0.2, -0.15) is 0 Å². The standard InChI is InChI=1S/C7H3Br2FO2/c8-5-1-4(10)2-6(9)7(5)12-3-11/h1-3H. The second kappa shape index (κ2) is 4.00. The Bertz CT molecular complexity index is 291. The van der Waals surface area contributed by atoms with Crippen LogP contribution < -0.4 is 4.74 Å². The SMILES string of the molecule is O=COc1c(Br)cc(F)cc1Br. The average molecular weight is 298 g/mol. The monoisotopic (exact) mass is 296 g/mol. The Balaban J connectivity index is 3.18. The molecule has 0 unspecified atom stereocenters. The van der Waals surface area contributed by atoms with E-state index in [-0.39, 0.29) is 12.2 Å². The summed E-state index contributed by atoms with van der Waals surface area (Å²) in [6, 6.07) is 2.42. The van der Waals surface area contributed by atoms with Crippen LogP contribution in [-0.4, -0.2) is 6.47 Å². The summed E-state index contributed by atoms with van der Waals surface area (Å²) in [5.41, 5.74) is 0. The molecule has 0 saturated carbocycles. The number of carbonyl (C=O) groups is 1. The number of benzene rings is 1. The smallest absolute Gasteiger partial charge is 0.298 e. The van der Waals surface area contributed by atoms with Crippen molar-refractivity contribution in [3.8, 4) is 5.75 Å². The Morgan fingerprint density at radius 2 is 1.83 bits per heavy atom. The number of hydrogen-bond acceptors (Lipinski definition) is 2. The molecule has 0 aliphatic heterocycles. The third-order valence-corrected chi connectivity index (χ3v) is 2.31. The zero-order chi connectivity index (χ0) is 9.14. The second-order valence-corrected chi connectivity index (χ2v) is 3.62. The molecule has 0 spiro atoms. The van der Waals surface area contributed by atoms with Gasteiger partial charge in [-0.1, -0.05) is 0 Å². The highest BCUT2D eigenvalue weighted by molar-refractivity contribution is 9.11. The van der Waals surface area contributed by atoms with Gasteiger partial charge in [-0.25, -0.2) is 4.39 Å². The predicted molar refractivity (Wildman–Crippen MR) is 48.5 cm³/mol. The van der Waals surface area contributed by atoms with Gasteiger partial charge in [-0.05, 0) is 44.0 Å². The van der Waals surface area contributed by atoms with Gasteiger partial charge in [0.2, 0.25) is 0 Å². The van der Waals surface area contributed by atoms with E-state index in [2.05, 4.69) is 36.6 Å². The van der Waals surface area contributed by atoms with Crippen molar-refractivity contribution in [3.05, 3.63) is 26.9 Å². The summed E-state index contributed by atoms with van der Waals surface area (Å²) >= 11 is 6.09. The molecule has 5 heteroatoms. The van der Waals surface area contributed by atoms with Crippen molar-refractivity contribution in [2.24, 2.45) is 0 Å². The molecule has 0 N–H and O–H groups in total. The quantitative estimate of drug-likeness (QED) is 0.785. The van der Waals surface area contributed by atoms with Gasteiger partial charge >= 0.3 is 0 Å². The van der Waals surface area contributed by atoms with Gasteiger partial charge in [0, 0.05) is 0 Å². The van der Waals surface area contributed by atoms with Gasteiger partial charge in [0.05, 0.1) is 8.95 Å². The number of rotatable bonds is 2. The molecule has 0 atom stereocenters. The molecule has 0 radical (unpaired) electrons. The van der Waals surface area contributed by atoms with Crippen LogP contribution in [0.5, 0.6) is 5.75 Å². The van der Waals surface area contributed by atoms with Gasteiger partial charge in [-0.15, -0.1) is 0 Å². The Hall–Kier alpha value is -0.420. The molecule has 1 rings (SSSR count). The molecule has 0 bridgehead atoms. The molecule has 0 amide bonds. The first-order chi connectivity index (χ1) is 5.65. The Kier molecular flexibility index (Phi) is 3.22. The van der Waals surface area contributed by atoms with Crippen LogP contribution in [0.1, 0.15) is 0 Å². The molecule has 0 fully saturated rings. The van der Waals surface area contributed by atoms with E-state index in [9.17, 15) is 9.18 Å². The molecular formula is C7H3Br2FO2. The minimum atomic E-state index is -0.410. The fourth-order valence-electron chi connectivity index (χ4n) is 0.690. The van der Waals surface area contributed by atoms with E-state index in [4.69, 9.17) is 0 Å². The first kappa shape index (κ1) is 9.67. The summed E-state index contributed by atoms with van der Waals surface area (Å²) in [5.74, 6) is -0.140. The van der Waals surface area contributed by atoms with Gasteiger partial charge in [0.1, 0.15) is 5.82 Å². The fourth-order valence-corrected chi connectivity index (χ4v) is 2.01. The maximum Gasteiger partial charge on any atom is 0.298 e. The molecule has 0 heterocycles. The summed E-state index contributed by atoms with van der Waals surface area (Å²) < 4.78 is 18.0. The van der Waals surface area contributed by atoms with Crippen molar-refractivity contribution in [2.75, 3.05) is 0 Å². The number of halogens is 3. The highest BCUT2D eigenvalue weighted by atomic mass is 79.9. The maximum absolute atomic E-state index is 12.6. The number of carbonyl (C=O) groups excluding carboxylic acids is 1. The Morgan fingerprint density at radius 3 is 2.25 bits per heavy atom. The van der Waals surface area contributed by atoms with E-state index < -0.39 is 5.82 Å². The summed E-state index contributed by atoms with van der Waals surface area (Å²) in [6.45, 7) is 0.281. The first-order valence-corrected chi connectivity index (χ1v) is 4.48. The molecule has 1 aromatic carbocycles. The fraction of sp³-hybridized carbons (Fsp3) is 0. The number of hydrogen-bond donors (Lipinski definition) is 0. The largest absolute Gasteiger partial charge is 0.426 e. The third kappa shape index (κ3) is 2.04. The lowest BCUT2D eigenvalue weighted by atomic mass is 10.3. The van der Waals surface area contributed by atoms with Gasteiger partial charge in [-0.3, -0.25) is 4.79 Å². The number of ether oxygens (including phenoxy) is 1. The van der Waals surface area contributed by atoms with Crippen LogP contribution in [0.15, 0.2) is 21.1 Å². The molecule has 0 aliphatic rings. The molecule has 0 aliphatic carbocycles. The van der Waals surface area contributed by atoms with Crippen molar-refractivity contribution >= 4 is 38.3 Å². The van der Waals surface area contributed by atoms with Crippen LogP contribution in [0.3, 0.4) is 0 Å². The van der Waals surface area contributed by atoms with E-state index in [1.807, 2.05) is 0 Å². The third-order valence-electron chi connectivity index (χ3n) is 1.13. The lowest BCUT2D eigenvalue weighted by molar-refractivity contribution is -0.120.